The fourth-order valence-corrected chi connectivity index (χ4v) is 3.11. The summed E-state index contributed by atoms with van der Waals surface area (Å²) in [6, 6.07) is 0. The van der Waals surface area contributed by atoms with Gasteiger partial charge in [-0.3, -0.25) is 4.79 Å². The molecule has 1 fully saturated rings. The molecule has 3 heteroatoms. The highest BCUT2D eigenvalue weighted by Gasteiger charge is 2.26. The lowest BCUT2D eigenvalue weighted by molar-refractivity contribution is -0.122. The Morgan fingerprint density at radius 1 is 1.26 bits per heavy atom. The molecule has 1 aliphatic carbocycles. The molecule has 1 rings (SSSR count). The maximum absolute atomic E-state index is 11.9. The third kappa shape index (κ3) is 6.42. The van der Waals surface area contributed by atoms with E-state index in [0.717, 1.165) is 32.4 Å². The van der Waals surface area contributed by atoms with Gasteiger partial charge in [0.2, 0.25) is 5.91 Å². The first-order chi connectivity index (χ1) is 9.09. The Bertz CT molecular complexity index is 259. The van der Waals surface area contributed by atoms with E-state index in [0.29, 0.717) is 17.8 Å². The Hall–Kier alpha value is -0.570. The molecule has 0 radical (unpaired) electrons. The first-order valence-electron chi connectivity index (χ1n) is 8.06. The van der Waals surface area contributed by atoms with Crippen molar-refractivity contribution < 1.29 is 4.79 Å². The van der Waals surface area contributed by atoms with Crippen LogP contribution in [-0.2, 0) is 4.79 Å². The Morgan fingerprint density at radius 2 is 1.95 bits per heavy atom. The average Bonchev–Trinajstić information content (AvgIpc) is 2.42. The van der Waals surface area contributed by atoms with Crippen LogP contribution in [0.25, 0.3) is 0 Å². The van der Waals surface area contributed by atoms with Gasteiger partial charge >= 0.3 is 0 Å². The van der Waals surface area contributed by atoms with Gasteiger partial charge in [-0.2, -0.15) is 0 Å². The molecule has 1 amide bonds. The topological polar surface area (TPSA) is 55.1 Å². The van der Waals surface area contributed by atoms with Crippen molar-refractivity contribution in [1.82, 2.24) is 5.32 Å². The summed E-state index contributed by atoms with van der Waals surface area (Å²) in [7, 11) is 0. The van der Waals surface area contributed by atoms with Crippen molar-refractivity contribution in [3.63, 3.8) is 0 Å². The van der Waals surface area contributed by atoms with Crippen LogP contribution in [0.1, 0.15) is 71.6 Å². The number of hydrogen-bond acceptors (Lipinski definition) is 2. The second-order valence-corrected chi connectivity index (χ2v) is 6.54. The highest BCUT2D eigenvalue weighted by atomic mass is 16.1. The quantitative estimate of drug-likeness (QED) is 0.710. The van der Waals surface area contributed by atoms with Gasteiger partial charge in [-0.15, -0.1) is 0 Å². The molecule has 19 heavy (non-hydrogen) atoms. The SMILES string of the molecule is CCC(CCN)CCC(=O)NCC1(C)CCCCC1. The van der Waals surface area contributed by atoms with Crippen molar-refractivity contribution in [2.75, 3.05) is 13.1 Å². The number of hydrogen-bond donors (Lipinski definition) is 2. The molecule has 0 aliphatic heterocycles. The molecule has 0 heterocycles. The Morgan fingerprint density at radius 3 is 2.53 bits per heavy atom. The number of carbonyl (C=O) groups is 1. The summed E-state index contributed by atoms with van der Waals surface area (Å²) >= 11 is 0. The number of rotatable bonds is 8. The molecule has 1 unspecified atom stereocenters. The van der Waals surface area contributed by atoms with Crippen molar-refractivity contribution in [2.24, 2.45) is 17.1 Å². The lowest BCUT2D eigenvalue weighted by atomic mass is 9.76. The molecule has 1 aliphatic rings. The molecule has 1 saturated carbocycles. The minimum absolute atomic E-state index is 0.224. The van der Waals surface area contributed by atoms with Gasteiger partial charge in [0.25, 0.3) is 0 Å². The number of amides is 1. The van der Waals surface area contributed by atoms with Crippen LogP contribution in [0.4, 0.5) is 0 Å². The largest absolute Gasteiger partial charge is 0.356 e. The molecular formula is C16H32N2O. The summed E-state index contributed by atoms with van der Waals surface area (Å²) in [5.41, 5.74) is 5.93. The zero-order valence-corrected chi connectivity index (χ0v) is 12.8. The van der Waals surface area contributed by atoms with Crippen LogP contribution < -0.4 is 11.1 Å². The lowest BCUT2D eigenvalue weighted by Crippen LogP contribution is -2.37. The Kier molecular flexibility index (Phi) is 7.44. The van der Waals surface area contributed by atoms with Gasteiger partial charge in [-0.1, -0.05) is 39.5 Å². The van der Waals surface area contributed by atoms with Gasteiger partial charge in [-0.05, 0) is 43.6 Å². The van der Waals surface area contributed by atoms with Gasteiger partial charge in [-0.25, -0.2) is 0 Å². The van der Waals surface area contributed by atoms with E-state index in [1.165, 1.54) is 32.1 Å². The summed E-state index contributed by atoms with van der Waals surface area (Å²) in [4.78, 5) is 11.9. The maximum Gasteiger partial charge on any atom is 0.220 e. The molecule has 0 aromatic rings. The summed E-state index contributed by atoms with van der Waals surface area (Å²) in [5.74, 6) is 0.836. The third-order valence-corrected chi connectivity index (χ3v) is 4.70. The van der Waals surface area contributed by atoms with Gasteiger partial charge in [0.15, 0.2) is 0 Å². The summed E-state index contributed by atoms with van der Waals surface area (Å²) in [5, 5.41) is 3.14. The normalized spacial score (nSPS) is 19.9. The van der Waals surface area contributed by atoms with E-state index < -0.39 is 0 Å². The fraction of sp³-hybridized carbons (Fsp3) is 0.938. The van der Waals surface area contributed by atoms with Gasteiger partial charge in [0.05, 0.1) is 0 Å². The van der Waals surface area contributed by atoms with Crippen LogP contribution in [-0.4, -0.2) is 19.0 Å². The minimum Gasteiger partial charge on any atom is -0.356 e. The predicted octanol–water partition coefficient (Wildman–Crippen LogP) is 3.23. The molecule has 0 aromatic carbocycles. The standard InChI is InChI=1S/C16H32N2O/c1-3-14(9-12-17)7-8-15(19)18-13-16(2)10-5-4-6-11-16/h14H,3-13,17H2,1-2H3,(H,18,19). The predicted molar refractivity (Wildman–Crippen MR) is 80.9 cm³/mol. The lowest BCUT2D eigenvalue weighted by Gasteiger charge is -2.33. The van der Waals surface area contributed by atoms with E-state index in [4.69, 9.17) is 5.73 Å². The smallest absolute Gasteiger partial charge is 0.220 e. The van der Waals surface area contributed by atoms with E-state index >= 15 is 0 Å². The van der Waals surface area contributed by atoms with Crippen molar-refractivity contribution in [3.05, 3.63) is 0 Å². The van der Waals surface area contributed by atoms with Crippen LogP contribution in [0.2, 0.25) is 0 Å². The summed E-state index contributed by atoms with van der Waals surface area (Å²) < 4.78 is 0. The van der Waals surface area contributed by atoms with Crippen LogP contribution in [0.5, 0.6) is 0 Å². The van der Waals surface area contributed by atoms with Crippen molar-refractivity contribution in [3.8, 4) is 0 Å². The number of carbonyl (C=O) groups excluding carboxylic acids is 1. The highest BCUT2D eigenvalue weighted by Crippen LogP contribution is 2.34. The molecule has 0 aromatic heterocycles. The molecule has 0 bridgehead atoms. The van der Waals surface area contributed by atoms with Gasteiger partial charge in [0, 0.05) is 13.0 Å². The van der Waals surface area contributed by atoms with Crippen molar-refractivity contribution >= 4 is 5.91 Å². The van der Waals surface area contributed by atoms with E-state index in [1.807, 2.05) is 0 Å². The minimum atomic E-state index is 0.224. The van der Waals surface area contributed by atoms with E-state index in [9.17, 15) is 4.79 Å². The molecular weight excluding hydrogens is 236 g/mol. The van der Waals surface area contributed by atoms with Crippen LogP contribution in [0.3, 0.4) is 0 Å². The molecule has 112 valence electrons. The zero-order valence-electron chi connectivity index (χ0n) is 12.8. The summed E-state index contributed by atoms with van der Waals surface area (Å²) in [6.45, 7) is 6.09. The first-order valence-corrected chi connectivity index (χ1v) is 8.06. The zero-order chi connectivity index (χ0) is 14.1. The van der Waals surface area contributed by atoms with E-state index in [1.54, 1.807) is 0 Å². The monoisotopic (exact) mass is 268 g/mol. The Labute approximate surface area is 118 Å². The van der Waals surface area contributed by atoms with Crippen LogP contribution in [0, 0.1) is 11.3 Å². The van der Waals surface area contributed by atoms with E-state index in [-0.39, 0.29) is 5.91 Å². The van der Waals surface area contributed by atoms with Crippen molar-refractivity contribution in [1.29, 1.82) is 0 Å². The molecule has 0 spiro atoms. The van der Waals surface area contributed by atoms with Crippen molar-refractivity contribution in [2.45, 2.75) is 71.6 Å². The first kappa shape index (κ1) is 16.5. The van der Waals surface area contributed by atoms with Crippen LogP contribution in [0.15, 0.2) is 0 Å². The summed E-state index contributed by atoms with van der Waals surface area (Å²) in [6.07, 6.45) is 10.3. The van der Waals surface area contributed by atoms with E-state index in [2.05, 4.69) is 19.2 Å². The molecule has 3 N–H and O–H groups in total. The third-order valence-electron chi connectivity index (χ3n) is 4.70. The van der Waals surface area contributed by atoms with Crippen LogP contribution >= 0.6 is 0 Å². The number of nitrogens with one attached hydrogen (secondary N) is 1. The number of nitrogens with two attached hydrogens (primary N) is 1. The van der Waals surface area contributed by atoms with Gasteiger partial charge in [0.1, 0.15) is 0 Å². The Balaban J connectivity index is 2.19. The fourth-order valence-electron chi connectivity index (χ4n) is 3.11. The average molecular weight is 268 g/mol. The second kappa shape index (κ2) is 8.57. The molecule has 3 nitrogen and oxygen atoms in total. The molecule has 1 atom stereocenters. The second-order valence-electron chi connectivity index (χ2n) is 6.54. The van der Waals surface area contributed by atoms with Gasteiger partial charge < -0.3 is 11.1 Å². The molecule has 0 saturated heterocycles. The highest BCUT2D eigenvalue weighted by molar-refractivity contribution is 5.75. The maximum atomic E-state index is 11.9.